The van der Waals surface area contributed by atoms with Gasteiger partial charge in [-0.1, -0.05) is 46.2 Å². The van der Waals surface area contributed by atoms with Crippen molar-refractivity contribution in [2.45, 2.75) is 53.5 Å². The van der Waals surface area contributed by atoms with E-state index in [2.05, 4.69) is 39.9 Å². The summed E-state index contributed by atoms with van der Waals surface area (Å²) < 4.78 is 5.47. The number of nitrogens with one attached hydrogen (secondary N) is 1. The highest BCUT2D eigenvalue weighted by Gasteiger charge is 2.24. The molecular formula is C18H30ClNO. The van der Waals surface area contributed by atoms with Gasteiger partial charge in [0, 0.05) is 11.1 Å². The van der Waals surface area contributed by atoms with Gasteiger partial charge in [0.2, 0.25) is 0 Å². The smallest absolute Gasteiger partial charge is 0.122 e. The van der Waals surface area contributed by atoms with Crippen molar-refractivity contribution >= 4 is 11.6 Å². The molecule has 1 aromatic rings. The summed E-state index contributed by atoms with van der Waals surface area (Å²) >= 11 is 6.14. The topological polar surface area (TPSA) is 21.3 Å². The van der Waals surface area contributed by atoms with Crippen LogP contribution in [0.15, 0.2) is 18.2 Å². The summed E-state index contributed by atoms with van der Waals surface area (Å²) in [6, 6.07) is 6.29. The van der Waals surface area contributed by atoms with Gasteiger partial charge in [0.05, 0.1) is 7.11 Å². The molecule has 0 aromatic heterocycles. The van der Waals surface area contributed by atoms with E-state index in [4.69, 9.17) is 16.3 Å². The van der Waals surface area contributed by atoms with Crippen molar-refractivity contribution in [2.24, 2.45) is 11.3 Å². The molecule has 0 heterocycles. The lowest BCUT2D eigenvalue weighted by atomic mass is 9.77. The second kappa shape index (κ2) is 8.05. The molecule has 0 aliphatic heterocycles. The highest BCUT2D eigenvalue weighted by atomic mass is 35.5. The minimum absolute atomic E-state index is 0.325. The highest BCUT2D eigenvalue weighted by Crippen LogP contribution is 2.31. The number of likely N-dealkylation sites (N-methyl/N-ethyl adjacent to an activating group) is 1. The molecule has 0 aliphatic carbocycles. The number of halogens is 1. The Morgan fingerprint density at radius 1 is 1.29 bits per heavy atom. The van der Waals surface area contributed by atoms with Gasteiger partial charge in [0.15, 0.2) is 0 Å². The third-order valence-corrected chi connectivity index (χ3v) is 4.55. The lowest BCUT2D eigenvalue weighted by Gasteiger charge is -2.31. The van der Waals surface area contributed by atoms with Gasteiger partial charge in [-0.3, -0.25) is 0 Å². The molecule has 0 aliphatic rings. The second-order valence-electron chi connectivity index (χ2n) is 6.92. The van der Waals surface area contributed by atoms with E-state index < -0.39 is 0 Å². The molecule has 21 heavy (non-hydrogen) atoms. The van der Waals surface area contributed by atoms with Gasteiger partial charge in [-0.2, -0.15) is 0 Å². The largest absolute Gasteiger partial charge is 0.496 e. The van der Waals surface area contributed by atoms with Gasteiger partial charge in [-0.15, -0.1) is 0 Å². The molecule has 1 rings (SSSR count). The summed E-state index contributed by atoms with van der Waals surface area (Å²) in [7, 11) is 1.72. The van der Waals surface area contributed by atoms with Crippen LogP contribution < -0.4 is 10.1 Å². The zero-order valence-electron chi connectivity index (χ0n) is 14.3. The number of benzene rings is 1. The van der Waals surface area contributed by atoms with Gasteiger partial charge in [-0.25, -0.2) is 0 Å². The maximum Gasteiger partial charge on any atom is 0.122 e. The summed E-state index contributed by atoms with van der Waals surface area (Å²) in [5.74, 6) is 1.57. The summed E-state index contributed by atoms with van der Waals surface area (Å²) in [6.07, 6.45) is 2.09. The van der Waals surface area contributed by atoms with Crippen LogP contribution in [0.5, 0.6) is 5.75 Å². The van der Waals surface area contributed by atoms with E-state index in [1.54, 1.807) is 7.11 Å². The van der Waals surface area contributed by atoms with Gasteiger partial charge >= 0.3 is 0 Å². The molecule has 0 amide bonds. The predicted octanol–water partition coefficient (Wildman–Crippen LogP) is 4.94. The first-order chi connectivity index (χ1) is 9.77. The molecule has 0 saturated carbocycles. The first-order valence-electron chi connectivity index (χ1n) is 7.83. The first kappa shape index (κ1) is 18.3. The quantitative estimate of drug-likeness (QED) is 0.770. The van der Waals surface area contributed by atoms with E-state index in [9.17, 15) is 0 Å². The van der Waals surface area contributed by atoms with E-state index in [1.165, 1.54) is 5.56 Å². The monoisotopic (exact) mass is 311 g/mol. The standard InChI is InChI=1S/C18H30ClNO/c1-7-20-16(10-13(2)18(3,4)5)12-14-11-15(19)8-9-17(14)21-6/h8-9,11,13,16,20H,7,10,12H2,1-6H3. The third kappa shape index (κ3) is 5.88. The van der Waals surface area contributed by atoms with E-state index in [0.29, 0.717) is 17.4 Å². The number of methoxy groups -OCH3 is 1. The molecule has 1 N–H and O–H groups in total. The molecule has 2 atom stereocenters. The Hall–Kier alpha value is -0.730. The SMILES string of the molecule is CCNC(Cc1cc(Cl)ccc1OC)CC(C)C(C)(C)C. The van der Waals surface area contributed by atoms with Crippen LogP contribution in [-0.2, 0) is 6.42 Å². The minimum Gasteiger partial charge on any atom is -0.496 e. The molecule has 1 aromatic carbocycles. The fraction of sp³-hybridized carbons (Fsp3) is 0.667. The molecule has 0 fully saturated rings. The van der Waals surface area contributed by atoms with Crippen LogP contribution in [-0.4, -0.2) is 19.7 Å². The highest BCUT2D eigenvalue weighted by molar-refractivity contribution is 6.30. The summed E-state index contributed by atoms with van der Waals surface area (Å²) in [6.45, 7) is 12.4. The Morgan fingerprint density at radius 2 is 1.95 bits per heavy atom. The normalized spacial score (nSPS) is 14.8. The number of rotatable bonds is 7. The van der Waals surface area contributed by atoms with E-state index >= 15 is 0 Å². The molecule has 0 saturated heterocycles. The van der Waals surface area contributed by atoms with Crippen molar-refractivity contribution in [3.8, 4) is 5.75 Å². The fourth-order valence-electron chi connectivity index (χ4n) is 2.48. The first-order valence-corrected chi connectivity index (χ1v) is 8.21. The van der Waals surface area contributed by atoms with Crippen molar-refractivity contribution in [2.75, 3.05) is 13.7 Å². The van der Waals surface area contributed by atoms with Gasteiger partial charge < -0.3 is 10.1 Å². The van der Waals surface area contributed by atoms with Gasteiger partial charge in [0.25, 0.3) is 0 Å². The lowest BCUT2D eigenvalue weighted by molar-refractivity contribution is 0.222. The van der Waals surface area contributed by atoms with Crippen LogP contribution in [0.25, 0.3) is 0 Å². The Labute approximate surface area is 135 Å². The molecule has 2 nitrogen and oxygen atoms in total. The van der Waals surface area contributed by atoms with Crippen molar-refractivity contribution in [3.05, 3.63) is 28.8 Å². The Bertz CT molecular complexity index is 439. The lowest BCUT2D eigenvalue weighted by Crippen LogP contribution is -2.35. The van der Waals surface area contributed by atoms with Crippen molar-refractivity contribution in [3.63, 3.8) is 0 Å². The minimum atomic E-state index is 0.325. The molecule has 0 bridgehead atoms. The van der Waals surface area contributed by atoms with Crippen molar-refractivity contribution in [1.82, 2.24) is 5.32 Å². The van der Waals surface area contributed by atoms with Crippen molar-refractivity contribution in [1.29, 1.82) is 0 Å². The average molecular weight is 312 g/mol. The molecule has 0 radical (unpaired) electrons. The molecule has 3 heteroatoms. The van der Waals surface area contributed by atoms with Crippen molar-refractivity contribution < 1.29 is 4.74 Å². The summed E-state index contributed by atoms with van der Waals surface area (Å²) in [4.78, 5) is 0. The Morgan fingerprint density at radius 3 is 2.48 bits per heavy atom. The number of ether oxygens (including phenoxy) is 1. The van der Waals surface area contributed by atoms with Crippen LogP contribution in [0.1, 0.15) is 46.6 Å². The summed E-state index contributed by atoms with van der Waals surface area (Å²) in [5, 5.41) is 4.37. The third-order valence-electron chi connectivity index (χ3n) is 4.32. The Balaban J connectivity index is 2.85. The van der Waals surface area contributed by atoms with Gasteiger partial charge in [0.1, 0.15) is 5.75 Å². The molecule has 2 unspecified atom stereocenters. The maximum absolute atomic E-state index is 6.14. The molecule has 0 spiro atoms. The van der Waals surface area contributed by atoms with E-state index in [0.717, 1.165) is 30.2 Å². The number of hydrogen-bond acceptors (Lipinski definition) is 2. The second-order valence-corrected chi connectivity index (χ2v) is 7.35. The zero-order chi connectivity index (χ0) is 16.0. The molecule has 120 valence electrons. The summed E-state index contributed by atoms with van der Waals surface area (Å²) in [5.41, 5.74) is 1.50. The van der Waals surface area contributed by atoms with Crippen LogP contribution in [0.2, 0.25) is 5.02 Å². The van der Waals surface area contributed by atoms with E-state index in [-0.39, 0.29) is 0 Å². The fourth-order valence-corrected chi connectivity index (χ4v) is 2.67. The zero-order valence-corrected chi connectivity index (χ0v) is 15.1. The van der Waals surface area contributed by atoms with Crippen LogP contribution in [0.3, 0.4) is 0 Å². The van der Waals surface area contributed by atoms with Crippen LogP contribution in [0, 0.1) is 11.3 Å². The maximum atomic E-state index is 6.14. The predicted molar refractivity (Wildman–Crippen MR) is 92.4 cm³/mol. The van der Waals surface area contributed by atoms with Gasteiger partial charge in [-0.05, 0) is 54.5 Å². The Kier molecular flexibility index (Phi) is 7.02. The van der Waals surface area contributed by atoms with E-state index in [1.807, 2.05) is 18.2 Å². The average Bonchev–Trinajstić information content (AvgIpc) is 2.38. The molecular weight excluding hydrogens is 282 g/mol. The van der Waals surface area contributed by atoms with Crippen LogP contribution in [0.4, 0.5) is 0 Å². The number of hydrogen-bond donors (Lipinski definition) is 1. The van der Waals surface area contributed by atoms with Crippen LogP contribution >= 0.6 is 11.6 Å².